The van der Waals surface area contributed by atoms with E-state index in [-0.39, 0.29) is 6.54 Å². The van der Waals surface area contributed by atoms with E-state index in [1.165, 1.54) is 5.39 Å². The number of hydrogen-bond acceptors (Lipinski definition) is 11. The van der Waals surface area contributed by atoms with Gasteiger partial charge < -0.3 is 57.1 Å². The molecule has 11 nitrogen and oxygen atoms in total. The molecular formula is C51H63N5O6. The third kappa shape index (κ3) is 10.7. The van der Waals surface area contributed by atoms with Crippen molar-refractivity contribution in [3.63, 3.8) is 0 Å². The van der Waals surface area contributed by atoms with Crippen molar-refractivity contribution in [1.29, 1.82) is 0 Å². The maximum atomic E-state index is 7.20. The van der Waals surface area contributed by atoms with E-state index in [2.05, 4.69) is 91.0 Å². The van der Waals surface area contributed by atoms with Gasteiger partial charge >= 0.3 is 0 Å². The van der Waals surface area contributed by atoms with Crippen molar-refractivity contribution in [2.45, 2.75) is 113 Å². The molecule has 0 spiro atoms. The fourth-order valence-corrected chi connectivity index (χ4v) is 9.03. The molecule has 0 unspecified atom stereocenters. The summed E-state index contributed by atoms with van der Waals surface area (Å²) < 4.78 is 40.5. The molecular weight excluding hydrogens is 779 g/mol. The third-order valence-corrected chi connectivity index (χ3v) is 12.4. The molecule has 1 aliphatic heterocycles. The Labute approximate surface area is 365 Å². The topological polar surface area (TPSA) is 185 Å². The molecule has 11 heteroatoms. The van der Waals surface area contributed by atoms with Crippen molar-refractivity contribution in [1.82, 2.24) is 0 Å². The van der Waals surface area contributed by atoms with Crippen molar-refractivity contribution in [3.05, 3.63) is 144 Å². The van der Waals surface area contributed by atoms with Gasteiger partial charge in [-0.05, 0) is 93.0 Å². The molecule has 10 atom stereocenters. The van der Waals surface area contributed by atoms with Crippen molar-refractivity contribution in [2.75, 3.05) is 19.7 Å². The first kappa shape index (κ1) is 44.3. The summed E-state index contributed by atoms with van der Waals surface area (Å²) in [5.41, 5.74) is 36.4. The number of unbranched alkanes of at least 4 members (excludes halogenated alkanes) is 3. The first-order chi connectivity index (χ1) is 30.4. The maximum absolute atomic E-state index is 7.20. The molecule has 2 fully saturated rings. The zero-order valence-electron chi connectivity index (χ0n) is 35.5. The van der Waals surface area contributed by atoms with Crippen LogP contribution in [0.5, 0.6) is 0 Å². The molecule has 8 rings (SSSR count). The molecule has 0 radical (unpaired) electrons. The Bertz CT molecular complexity index is 2350. The van der Waals surface area contributed by atoms with Crippen LogP contribution < -0.4 is 28.7 Å². The van der Waals surface area contributed by atoms with Gasteiger partial charge in [-0.1, -0.05) is 122 Å². The molecule has 0 aromatic heterocycles. The van der Waals surface area contributed by atoms with Crippen molar-refractivity contribution >= 4 is 32.3 Å². The summed E-state index contributed by atoms with van der Waals surface area (Å²) in [6, 6.07) is 42.1. The van der Waals surface area contributed by atoms with Gasteiger partial charge in [0.05, 0.1) is 25.9 Å². The van der Waals surface area contributed by atoms with Crippen molar-refractivity contribution in [3.8, 4) is 0 Å². The standard InChI is InChI=1S/C51H63N5O6/c52-23-9-1-2-10-24-57-50-46(58-30-33-17-20-36-11-3-6-14-39(36)25-33)42(54)28-43(55)47(50)62-51-45(56)49(60-32-35-19-22-38-13-5-8-16-41(38)27-35)48(44(29-53)61-51)59-31-34-18-21-37-12-4-7-15-40(37)26-34/h3-8,11-22,25-27,42-51H,1-2,9-10,23-24,28-32,52-56H2/t42-,43+,44-,45-,46+,47-,48-,49-,50-,51-/m1/s1. The number of rotatable bonds is 19. The molecule has 2 aliphatic rings. The van der Waals surface area contributed by atoms with Crippen LogP contribution in [0.4, 0.5) is 0 Å². The quantitative estimate of drug-likeness (QED) is 0.0557. The van der Waals surface area contributed by atoms with Crippen LogP contribution in [0.25, 0.3) is 32.3 Å². The Kier molecular flexibility index (Phi) is 15.3. The monoisotopic (exact) mass is 841 g/mol. The second-order valence-electron chi connectivity index (χ2n) is 16.9. The van der Waals surface area contributed by atoms with Crippen LogP contribution in [-0.4, -0.2) is 80.7 Å². The van der Waals surface area contributed by atoms with Crippen LogP contribution in [-0.2, 0) is 48.2 Å². The van der Waals surface area contributed by atoms with Crippen LogP contribution in [0.1, 0.15) is 48.8 Å². The van der Waals surface area contributed by atoms with E-state index in [9.17, 15) is 0 Å². The molecule has 1 heterocycles. The highest BCUT2D eigenvalue weighted by molar-refractivity contribution is 5.84. The summed E-state index contributed by atoms with van der Waals surface area (Å²) in [4.78, 5) is 0. The SMILES string of the molecule is NCCCCCCO[C@@H]1[C@@H](OCc2ccc3ccccc3c2)[C@H](N)C[C@H](N)[C@H]1O[C@H]1O[C@H](CN)[C@@H](OCc2ccc3ccccc3c2)[C@H](OCc2ccc3ccccc3c2)[C@H]1N. The van der Waals surface area contributed by atoms with E-state index in [1.807, 2.05) is 36.4 Å². The van der Waals surface area contributed by atoms with Crippen LogP contribution in [0.2, 0.25) is 0 Å². The minimum atomic E-state index is -0.951. The minimum absolute atomic E-state index is 0.145. The Hall–Kier alpha value is -4.34. The highest BCUT2D eigenvalue weighted by Gasteiger charge is 2.51. The zero-order chi connectivity index (χ0) is 42.8. The molecule has 1 saturated carbocycles. The average Bonchev–Trinajstić information content (AvgIpc) is 3.30. The maximum Gasteiger partial charge on any atom is 0.176 e. The fourth-order valence-electron chi connectivity index (χ4n) is 9.03. The fraction of sp³-hybridized carbons (Fsp3) is 0.412. The highest BCUT2D eigenvalue weighted by atomic mass is 16.7. The molecule has 62 heavy (non-hydrogen) atoms. The smallest absolute Gasteiger partial charge is 0.176 e. The van der Waals surface area contributed by atoms with Crippen LogP contribution in [0, 0.1) is 0 Å². The van der Waals surface area contributed by atoms with E-state index in [0.29, 0.717) is 39.4 Å². The first-order valence-corrected chi connectivity index (χ1v) is 22.3. The van der Waals surface area contributed by atoms with Crippen LogP contribution in [0.3, 0.4) is 0 Å². The summed E-state index contributed by atoms with van der Waals surface area (Å²) in [7, 11) is 0. The van der Waals surface area contributed by atoms with Gasteiger partial charge in [0.1, 0.15) is 36.6 Å². The van der Waals surface area contributed by atoms with Gasteiger partial charge in [0.25, 0.3) is 0 Å². The van der Waals surface area contributed by atoms with Gasteiger partial charge in [-0.2, -0.15) is 0 Å². The lowest BCUT2D eigenvalue weighted by Gasteiger charge is -2.49. The van der Waals surface area contributed by atoms with Crippen LogP contribution in [0.15, 0.2) is 127 Å². The lowest BCUT2D eigenvalue weighted by Crippen LogP contribution is -2.68. The van der Waals surface area contributed by atoms with E-state index >= 15 is 0 Å². The van der Waals surface area contributed by atoms with E-state index in [1.54, 1.807) is 0 Å². The number of benzene rings is 6. The summed E-state index contributed by atoms with van der Waals surface area (Å²) in [5, 5.41) is 6.89. The Balaban J connectivity index is 1.03. The van der Waals surface area contributed by atoms with Crippen LogP contribution >= 0.6 is 0 Å². The van der Waals surface area contributed by atoms with Gasteiger partial charge in [-0.3, -0.25) is 0 Å². The van der Waals surface area contributed by atoms with Gasteiger partial charge in [0, 0.05) is 25.2 Å². The predicted octanol–water partition coefficient (Wildman–Crippen LogP) is 6.56. The largest absolute Gasteiger partial charge is 0.373 e. The average molecular weight is 842 g/mol. The van der Waals surface area contributed by atoms with Gasteiger partial charge in [-0.25, -0.2) is 0 Å². The molecule has 10 N–H and O–H groups in total. The molecule has 6 aromatic rings. The lowest BCUT2D eigenvalue weighted by molar-refractivity contribution is -0.304. The van der Waals surface area contributed by atoms with E-state index in [0.717, 1.165) is 69.3 Å². The minimum Gasteiger partial charge on any atom is -0.373 e. The zero-order valence-corrected chi connectivity index (χ0v) is 35.5. The number of ether oxygens (including phenoxy) is 6. The predicted molar refractivity (Wildman–Crippen MR) is 246 cm³/mol. The number of hydrogen-bond donors (Lipinski definition) is 5. The highest BCUT2D eigenvalue weighted by Crippen LogP contribution is 2.33. The van der Waals surface area contributed by atoms with Crippen molar-refractivity contribution in [2.24, 2.45) is 28.7 Å². The second-order valence-corrected chi connectivity index (χ2v) is 16.9. The molecule has 328 valence electrons. The number of nitrogens with two attached hydrogens (primary N) is 5. The summed E-state index contributed by atoms with van der Waals surface area (Å²) >= 11 is 0. The van der Waals surface area contributed by atoms with Gasteiger partial charge in [-0.15, -0.1) is 0 Å². The Morgan fingerprint density at radius 3 is 1.45 bits per heavy atom. The third-order valence-electron chi connectivity index (χ3n) is 12.4. The molecule has 6 aromatic carbocycles. The van der Waals surface area contributed by atoms with Crippen molar-refractivity contribution < 1.29 is 28.4 Å². The Morgan fingerprint density at radius 1 is 0.468 bits per heavy atom. The lowest BCUT2D eigenvalue weighted by atomic mass is 9.84. The second kappa shape index (κ2) is 21.4. The summed E-state index contributed by atoms with van der Waals surface area (Å²) in [6.07, 6.45) is -0.307. The van der Waals surface area contributed by atoms with Gasteiger partial charge in [0.2, 0.25) is 0 Å². The van der Waals surface area contributed by atoms with Gasteiger partial charge in [0.15, 0.2) is 6.29 Å². The number of fused-ring (bicyclic) bond motifs is 3. The van der Waals surface area contributed by atoms with E-state index < -0.39 is 61.0 Å². The Morgan fingerprint density at radius 2 is 0.935 bits per heavy atom. The molecule has 1 saturated heterocycles. The molecule has 0 bridgehead atoms. The first-order valence-electron chi connectivity index (χ1n) is 22.3. The summed E-state index contributed by atoms with van der Waals surface area (Å²) in [5.74, 6) is 0. The molecule has 0 amide bonds. The normalized spacial score (nSPS) is 26.7. The summed E-state index contributed by atoms with van der Waals surface area (Å²) in [6.45, 7) is 2.24. The van der Waals surface area contributed by atoms with E-state index in [4.69, 9.17) is 57.1 Å². The molecule has 1 aliphatic carbocycles.